The lowest BCUT2D eigenvalue weighted by Gasteiger charge is -2.25. The van der Waals surface area contributed by atoms with Crippen LogP contribution in [0.3, 0.4) is 0 Å². The molecule has 0 fully saturated rings. The first-order valence-corrected chi connectivity index (χ1v) is 7.24. The molecule has 1 unspecified atom stereocenters. The first-order chi connectivity index (χ1) is 10.7. The van der Waals surface area contributed by atoms with Crippen molar-refractivity contribution >= 4 is 5.91 Å². The summed E-state index contributed by atoms with van der Waals surface area (Å²) < 4.78 is 26.8. The zero-order valence-corrected chi connectivity index (χ0v) is 13.3. The highest BCUT2D eigenvalue weighted by Gasteiger charge is 2.27. The highest BCUT2D eigenvalue weighted by atomic mass is 19.1. The van der Waals surface area contributed by atoms with Crippen molar-refractivity contribution in [1.29, 1.82) is 0 Å². The van der Waals surface area contributed by atoms with E-state index in [0.717, 1.165) is 17.2 Å². The van der Waals surface area contributed by atoms with Crippen LogP contribution in [0, 0.1) is 25.5 Å². The Morgan fingerprint density at radius 3 is 2.57 bits per heavy atom. The fraction of sp³-hybridized carbons (Fsp3) is 0.278. The van der Waals surface area contributed by atoms with Crippen LogP contribution in [0.25, 0.3) is 0 Å². The summed E-state index contributed by atoms with van der Waals surface area (Å²) in [5, 5.41) is 13.0. The Morgan fingerprint density at radius 2 is 1.91 bits per heavy atom. The Labute approximate surface area is 134 Å². The Balaban J connectivity index is 2.15. The van der Waals surface area contributed by atoms with Crippen LogP contribution in [0.2, 0.25) is 0 Å². The third-order valence-electron chi connectivity index (χ3n) is 3.95. The summed E-state index contributed by atoms with van der Waals surface area (Å²) in [6, 6.07) is 8.31. The van der Waals surface area contributed by atoms with Crippen LogP contribution in [0.5, 0.6) is 0 Å². The standard InChI is InChI=1S/C18H19F2NO2/c1-11-5-4-6-14(12(11)2)17(22)21-10-18(3,23)15-8-7-13(19)9-16(15)20/h4-9,23H,10H2,1-3H3,(H,21,22). The lowest BCUT2D eigenvalue weighted by atomic mass is 9.95. The van der Waals surface area contributed by atoms with Crippen molar-refractivity contribution in [1.82, 2.24) is 5.32 Å². The second-order valence-electron chi connectivity index (χ2n) is 5.83. The molecule has 0 radical (unpaired) electrons. The number of nitrogens with one attached hydrogen (secondary N) is 1. The van der Waals surface area contributed by atoms with Gasteiger partial charge in [0.1, 0.15) is 17.2 Å². The van der Waals surface area contributed by atoms with Gasteiger partial charge in [0, 0.05) is 17.2 Å². The van der Waals surface area contributed by atoms with Crippen molar-refractivity contribution in [2.24, 2.45) is 0 Å². The molecule has 0 saturated heterocycles. The summed E-state index contributed by atoms with van der Waals surface area (Å²) in [6.45, 7) is 4.91. The second kappa shape index (κ2) is 6.46. The average Bonchev–Trinajstić information content (AvgIpc) is 2.47. The Bertz CT molecular complexity index is 742. The quantitative estimate of drug-likeness (QED) is 0.909. The van der Waals surface area contributed by atoms with E-state index in [2.05, 4.69) is 5.32 Å². The maximum absolute atomic E-state index is 13.8. The van der Waals surface area contributed by atoms with Gasteiger partial charge in [0.2, 0.25) is 0 Å². The smallest absolute Gasteiger partial charge is 0.251 e. The predicted octanol–water partition coefficient (Wildman–Crippen LogP) is 3.22. The molecule has 0 aromatic heterocycles. The van der Waals surface area contributed by atoms with Crippen LogP contribution >= 0.6 is 0 Å². The topological polar surface area (TPSA) is 49.3 Å². The lowest BCUT2D eigenvalue weighted by Crippen LogP contribution is -2.39. The summed E-state index contributed by atoms with van der Waals surface area (Å²) in [6.07, 6.45) is 0. The monoisotopic (exact) mass is 319 g/mol. The zero-order valence-electron chi connectivity index (χ0n) is 13.3. The Hall–Kier alpha value is -2.27. The van der Waals surface area contributed by atoms with Gasteiger partial charge in [0.25, 0.3) is 5.91 Å². The summed E-state index contributed by atoms with van der Waals surface area (Å²) in [5.74, 6) is -1.92. The minimum Gasteiger partial charge on any atom is -0.383 e. The van der Waals surface area contributed by atoms with E-state index in [4.69, 9.17) is 0 Å². The maximum atomic E-state index is 13.8. The van der Waals surface area contributed by atoms with E-state index in [0.29, 0.717) is 11.6 Å². The number of benzene rings is 2. The van der Waals surface area contributed by atoms with Gasteiger partial charge in [-0.2, -0.15) is 0 Å². The molecule has 0 bridgehead atoms. The van der Waals surface area contributed by atoms with E-state index in [1.54, 1.807) is 12.1 Å². The van der Waals surface area contributed by atoms with Crippen molar-refractivity contribution in [2.75, 3.05) is 6.54 Å². The van der Waals surface area contributed by atoms with E-state index in [9.17, 15) is 18.7 Å². The number of hydrogen-bond acceptors (Lipinski definition) is 2. The van der Waals surface area contributed by atoms with Gasteiger partial charge in [-0.3, -0.25) is 4.79 Å². The van der Waals surface area contributed by atoms with Gasteiger partial charge in [-0.25, -0.2) is 8.78 Å². The molecular formula is C18H19F2NO2. The van der Waals surface area contributed by atoms with Gasteiger partial charge in [0.15, 0.2) is 0 Å². The summed E-state index contributed by atoms with van der Waals surface area (Å²) in [5.41, 5.74) is 0.609. The number of hydrogen-bond donors (Lipinski definition) is 2. The minimum atomic E-state index is -1.65. The number of halogens is 2. The summed E-state index contributed by atoms with van der Waals surface area (Å²) in [4.78, 5) is 12.3. The molecule has 0 aliphatic rings. The predicted molar refractivity (Wildman–Crippen MR) is 84.2 cm³/mol. The molecule has 0 spiro atoms. The van der Waals surface area contributed by atoms with E-state index < -0.39 is 17.2 Å². The van der Waals surface area contributed by atoms with Gasteiger partial charge in [-0.05, 0) is 44.0 Å². The number of rotatable bonds is 4. The summed E-state index contributed by atoms with van der Waals surface area (Å²) >= 11 is 0. The van der Waals surface area contributed by atoms with E-state index in [1.807, 2.05) is 19.9 Å². The van der Waals surface area contributed by atoms with Crippen LogP contribution < -0.4 is 5.32 Å². The molecular weight excluding hydrogens is 300 g/mol. The number of amides is 1. The van der Waals surface area contributed by atoms with Crippen molar-refractivity contribution < 1.29 is 18.7 Å². The molecule has 0 aliphatic carbocycles. The maximum Gasteiger partial charge on any atom is 0.251 e. The zero-order chi connectivity index (χ0) is 17.2. The first-order valence-electron chi connectivity index (χ1n) is 7.24. The van der Waals surface area contributed by atoms with Gasteiger partial charge < -0.3 is 10.4 Å². The molecule has 23 heavy (non-hydrogen) atoms. The molecule has 2 rings (SSSR count). The lowest BCUT2D eigenvalue weighted by molar-refractivity contribution is 0.0494. The molecule has 3 nitrogen and oxygen atoms in total. The molecule has 0 heterocycles. The Morgan fingerprint density at radius 1 is 1.22 bits per heavy atom. The van der Waals surface area contributed by atoms with Gasteiger partial charge in [-0.1, -0.05) is 18.2 Å². The van der Waals surface area contributed by atoms with Crippen LogP contribution in [0.15, 0.2) is 36.4 Å². The normalized spacial score (nSPS) is 13.5. The minimum absolute atomic E-state index is 0.0693. The van der Waals surface area contributed by atoms with Crippen LogP contribution in [0.4, 0.5) is 8.78 Å². The largest absolute Gasteiger partial charge is 0.383 e. The third-order valence-corrected chi connectivity index (χ3v) is 3.95. The molecule has 5 heteroatoms. The molecule has 1 amide bonds. The highest BCUT2D eigenvalue weighted by Crippen LogP contribution is 2.23. The molecule has 2 aromatic rings. The van der Waals surface area contributed by atoms with Crippen molar-refractivity contribution in [3.63, 3.8) is 0 Å². The number of aliphatic hydroxyl groups is 1. The molecule has 1 atom stereocenters. The molecule has 2 aromatic carbocycles. The van der Waals surface area contributed by atoms with E-state index >= 15 is 0 Å². The Kier molecular flexibility index (Phi) is 4.80. The number of carbonyl (C=O) groups excluding carboxylic acids is 1. The SMILES string of the molecule is Cc1cccc(C(=O)NCC(C)(O)c2ccc(F)cc2F)c1C. The van der Waals surface area contributed by atoms with E-state index in [-0.39, 0.29) is 18.0 Å². The average molecular weight is 319 g/mol. The molecule has 0 aliphatic heterocycles. The fourth-order valence-corrected chi connectivity index (χ4v) is 2.37. The van der Waals surface area contributed by atoms with Crippen molar-refractivity contribution in [2.45, 2.75) is 26.4 Å². The number of carbonyl (C=O) groups is 1. The fourth-order valence-electron chi connectivity index (χ4n) is 2.37. The van der Waals surface area contributed by atoms with Crippen LogP contribution in [0.1, 0.15) is 34.0 Å². The van der Waals surface area contributed by atoms with Gasteiger partial charge in [0.05, 0.1) is 6.54 Å². The van der Waals surface area contributed by atoms with Crippen LogP contribution in [-0.4, -0.2) is 17.6 Å². The highest BCUT2D eigenvalue weighted by molar-refractivity contribution is 5.95. The van der Waals surface area contributed by atoms with Crippen molar-refractivity contribution in [3.05, 3.63) is 70.3 Å². The van der Waals surface area contributed by atoms with E-state index in [1.165, 1.54) is 13.0 Å². The van der Waals surface area contributed by atoms with Crippen molar-refractivity contribution in [3.8, 4) is 0 Å². The number of aryl methyl sites for hydroxylation is 1. The third kappa shape index (κ3) is 3.74. The summed E-state index contributed by atoms with van der Waals surface area (Å²) in [7, 11) is 0. The van der Waals surface area contributed by atoms with Crippen LogP contribution in [-0.2, 0) is 5.60 Å². The molecule has 122 valence electrons. The molecule has 0 saturated carbocycles. The second-order valence-corrected chi connectivity index (χ2v) is 5.83. The first kappa shape index (κ1) is 17.1. The molecule has 2 N–H and O–H groups in total. The van der Waals surface area contributed by atoms with Gasteiger partial charge in [-0.15, -0.1) is 0 Å². The van der Waals surface area contributed by atoms with Gasteiger partial charge >= 0.3 is 0 Å².